The van der Waals surface area contributed by atoms with Crippen LogP contribution in [-0.2, 0) is 22.2 Å². The summed E-state index contributed by atoms with van der Waals surface area (Å²) < 4.78 is 44.3. The Morgan fingerprint density at radius 1 is 1.26 bits per heavy atom. The van der Waals surface area contributed by atoms with E-state index in [1.165, 1.54) is 24.5 Å². The molecule has 2 aromatic heterocycles. The predicted molar refractivity (Wildman–Crippen MR) is 109 cm³/mol. The first kappa shape index (κ1) is 22.8. The van der Waals surface area contributed by atoms with E-state index in [1.54, 1.807) is 0 Å². The van der Waals surface area contributed by atoms with Crippen molar-refractivity contribution in [1.29, 1.82) is 0 Å². The lowest BCUT2D eigenvalue weighted by molar-refractivity contribution is -0.137. The first-order chi connectivity index (χ1) is 14.6. The first-order valence-electron chi connectivity index (χ1n) is 8.89. The Labute approximate surface area is 183 Å². The second-order valence-corrected chi connectivity index (χ2v) is 7.69. The summed E-state index contributed by atoms with van der Waals surface area (Å²) >= 11 is 7.04. The molecule has 0 atom stereocenters. The molecule has 1 aromatic carbocycles. The van der Waals surface area contributed by atoms with Gasteiger partial charge in [0.2, 0.25) is 23.6 Å². The number of nitrogens with one attached hydrogen (secondary N) is 1. The number of hydrogen-bond acceptors (Lipinski definition) is 6. The summed E-state index contributed by atoms with van der Waals surface area (Å²) in [5.74, 6) is -0.368. The number of halogens is 4. The minimum absolute atomic E-state index is 0.0220. The topological polar surface area (TPSA) is 88.3 Å². The van der Waals surface area contributed by atoms with Crippen molar-refractivity contribution in [3.05, 3.63) is 51.5 Å². The quantitative estimate of drug-likeness (QED) is 0.547. The molecule has 0 saturated heterocycles. The summed E-state index contributed by atoms with van der Waals surface area (Å²) in [4.78, 5) is 25.5. The Morgan fingerprint density at radius 3 is 2.71 bits per heavy atom. The third kappa shape index (κ3) is 6.05. The van der Waals surface area contributed by atoms with Crippen molar-refractivity contribution in [3.8, 4) is 11.5 Å². The number of likely N-dealkylation sites (N-methyl/N-ethyl adjacent to an activating group) is 1. The van der Waals surface area contributed by atoms with Gasteiger partial charge in [0, 0.05) is 36.5 Å². The maximum Gasteiger partial charge on any atom is 0.417 e. The molecular formula is C19H16ClF3N4O3S. The lowest BCUT2D eigenvalue weighted by Crippen LogP contribution is -2.35. The van der Waals surface area contributed by atoms with Gasteiger partial charge in [-0.25, -0.2) is 0 Å². The maximum atomic E-state index is 12.9. The van der Waals surface area contributed by atoms with Crippen LogP contribution in [0.4, 0.5) is 18.9 Å². The van der Waals surface area contributed by atoms with Gasteiger partial charge in [0.05, 0.1) is 17.1 Å². The van der Waals surface area contributed by atoms with Gasteiger partial charge in [-0.05, 0) is 29.6 Å². The van der Waals surface area contributed by atoms with Gasteiger partial charge < -0.3 is 14.6 Å². The van der Waals surface area contributed by atoms with Crippen LogP contribution in [-0.4, -0.2) is 40.5 Å². The fourth-order valence-electron chi connectivity index (χ4n) is 2.59. The standard InChI is InChI=1S/C19H16ClF3N4O3S/c1-27(9-15(28)24-12-2-3-14(20)13(8-12)19(21,22)23)17(29)5-4-16-25-26-18(30-16)11-6-7-31-10-11/h2-3,6-8,10H,4-5,9H2,1H3,(H,24,28). The van der Waals surface area contributed by atoms with Crippen molar-refractivity contribution >= 4 is 40.4 Å². The normalized spacial score (nSPS) is 11.4. The number of alkyl halides is 3. The van der Waals surface area contributed by atoms with E-state index >= 15 is 0 Å². The number of aromatic nitrogens is 2. The summed E-state index contributed by atoms with van der Waals surface area (Å²) in [6, 6.07) is 4.86. The fourth-order valence-corrected chi connectivity index (χ4v) is 3.44. The third-order valence-electron chi connectivity index (χ3n) is 4.15. The Balaban J connectivity index is 1.51. The molecule has 12 heteroatoms. The molecule has 1 N–H and O–H groups in total. The average molecular weight is 473 g/mol. The number of thiophene rings is 1. The predicted octanol–water partition coefficient (Wildman–Crippen LogP) is 4.50. The van der Waals surface area contributed by atoms with Crippen molar-refractivity contribution in [2.24, 2.45) is 0 Å². The molecule has 7 nitrogen and oxygen atoms in total. The van der Waals surface area contributed by atoms with Crippen LogP contribution in [0.25, 0.3) is 11.5 Å². The minimum Gasteiger partial charge on any atom is -0.421 e. The number of rotatable bonds is 7. The zero-order valence-corrected chi connectivity index (χ0v) is 17.6. The summed E-state index contributed by atoms with van der Waals surface area (Å²) in [5.41, 5.74) is -0.341. The van der Waals surface area contributed by atoms with Gasteiger partial charge in [-0.15, -0.1) is 10.2 Å². The van der Waals surface area contributed by atoms with Crippen LogP contribution < -0.4 is 5.32 Å². The van der Waals surface area contributed by atoms with E-state index < -0.39 is 22.7 Å². The van der Waals surface area contributed by atoms with Gasteiger partial charge in [-0.3, -0.25) is 9.59 Å². The van der Waals surface area contributed by atoms with Gasteiger partial charge in [0.25, 0.3) is 0 Å². The first-order valence-corrected chi connectivity index (χ1v) is 10.2. The summed E-state index contributed by atoms with van der Waals surface area (Å²) in [7, 11) is 1.41. The zero-order valence-electron chi connectivity index (χ0n) is 16.1. The van der Waals surface area contributed by atoms with Crippen LogP contribution in [0.5, 0.6) is 0 Å². The van der Waals surface area contributed by atoms with E-state index in [0.717, 1.165) is 22.6 Å². The molecule has 164 valence electrons. The van der Waals surface area contributed by atoms with Gasteiger partial charge >= 0.3 is 6.18 Å². The van der Waals surface area contributed by atoms with E-state index in [1.807, 2.05) is 16.8 Å². The lowest BCUT2D eigenvalue weighted by atomic mass is 10.2. The molecule has 0 aliphatic rings. The summed E-state index contributed by atoms with van der Waals surface area (Å²) in [5, 5.41) is 13.4. The number of benzene rings is 1. The number of nitrogens with zero attached hydrogens (tertiary/aromatic N) is 3. The molecule has 0 bridgehead atoms. The largest absolute Gasteiger partial charge is 0.421 e. The average Bonchev–Trinajstić information content (AvgIpc) is 3.38. The van der Waals surface area contributed by atoms with Gasteiger partial charge in [-0.1, -0.05) is 11.6 Å². The lowest BCUT2D eigenvalue weighted by Gasteiger charge is -2.17. The van der Waals surface area contributed by atoms with Crippen molar-refractivity contribution in [3.63, 3.8) is 0 Å². The molecule has 0 saturated carbocycles. The van der Waals surface area contributed by atoms with Crippen LogP contribution in [0.2, 0.25) is 5.02 Å². The summed E-state index contributed by atoms with van der Waals surface area (Å²) in [6.45, 7) is -0.340. The highest BCUT2D eigenvalue weighted by atomic mass is 35.5. The molecule has 31 heavy (non-hydrogen) atoms. The molecule has 0 radical (unpaired) electrons. The van der Waals surface area contributed by atoms with Crippen molar-refractivity contribution in [2.75, 3.05) is 18.9 Å². The van der Waals surface area contributed by atoms with Gasteiger partial charge in [-0.2, -0.15) is 24.5 Å². The monoisotopic (exact) mass is 472 g/mol. The van der Waals surface area contributed by atoms with Crippen molar-refractivity contribution in [1.82, 2.24) is 15.1 Å². The van der Waals surface area contributed by atoms with Crippen LogP contribution in [0.15, 0.2) is 39.4 Å². The van der Waals surface area contributed by atoms with Crippen LogP contribution in [0.1, 0.15) is 17.9 Å². The summed E-state index contributed by atoms with van der Waals surface area (Å²) in [6.07, 6.45) is -4.44. The van der Waals surface area contributed by atoms with E-state index in [-0.39, 0.29) is 36.9 Å². The van der Waals surface area contributed by atoms with Crippen molar-refractivity contribution in [2.45, 2.75) is 19.0 Å². The van der Waals surface area contributed by atoms with Crippen LogP contribution in [0, 0.1) is 0 Å². The number of anilines is 1. The van der Waals surface area contributed by atoms with Gasteiger partial charge in [0.15, 0.2) is 0 Å². The number of carbonyl (C=O) groups excluding carboxylic acids is 2. The zero-order chi connectivity index (χ0) is 22.6. The molecule has 0 spiro atoms. The second-order valence-electron chi connectivity index (χ2n) is 6.50. The van der Waals surface area contributed by atoms with Crippen LogP contribution >= 0.6 is 22.9 Å². The Bertz CT molecular complexity index is 1070. The smallest absolute Gasteiger partial charge is 0.417 e. The van der Waals surface area contributed by atoms with Gasteiger partial charge in [0.1, 0.15) is 0 Å². The molecule has 0 aliphatic heterocycles. The van der Waals surface area contributed by atoms with Crippen molar-refractivity contribution < 1.29 is 27.2 Å². The molecule has 3 rings (SSSR count). The Morgan fingerprint density at radius 2 is 2.03 bits per heavy atom. The second kappa shape index (κ2) is 9.48. The Hall–Kier alpha value is -2.92. The highest BCUT2D eigenvalue weighted by Gasteiger charge is 2.33. The SMILES string of the molecule is CN(CC(=O)Nc1ccc(Cl)c(C(F)(F)F)c1)C(=O)CCc1nnc(-c2ccsc2)o1. The van der Waals surface area contributed by atoms with E-state index in [0.29, 0.717) is 5.89 Å². The fraction of sp³-hybridized carbons (Fsp3) is 0.263. The Kier molecular flexibility index (Phi) is 6.96. The molecule has 3 aromatic rings. The van der Waals surface area contributed by atoms with E-state index in [4.69, 9.17) is 16.0 Å². The number of carbonyl (C=O) groups is 2. The number of aryl methyl sites for hydroxylation is 1. The molecule has 0 aliphatic carbocycles. The molecule has 2 heterocycles. The molecule has 0 fully saturated rings. The van der Waals surface area contributed by atoms with Crippen LogP contribution in [0.3, 0.4) is 0 Å². The highest BCUT2D eigenvalue weighted by molar-refractivity contribution is 7.08. The minimum atomic E-state index is -4.65. The highest BCUT2D eigenvalue weighted by Crippen LogP contribution is 2.36. The molecule has 2 amide bonds. The third-order valence-corrected chi connectivity index (χ3v) is 5.16. The van der Waals surface area contributed by atoms with E-state index in [2.05, 4.69) is 15.5 Å². The number of hydrogen-bond donors (Lipinski definition) is 1. The number of amides is 2. The molecule has 0 unspecified atom stereocenters. The molecular weight excluding hydrogens is 457 g/mol. The maximum absolute atomic E-state index is 12.9. The van der Waals surface area contributed by atoms with E-state index in [9.17, 15) is 22.8 Å².